The Morgan fingerprint density at radius 2 is 2.06 bits per heavy atom. The van der Waals surface area contributed by atoms with Gasteiger partial charge < -0.3 is 14.2 Å². The third kappa shape index (κ3) is 3.22. The molecule has 1 aromatic carbocycles. The van der Waals surface area contributed by atoms with E-state index in [2.05, 4.69) is 20.7 Å². The second-order valence-corrected chi connectivity index (χ2v) is 4.29. The molecular formula is C12H13BrO5. The van der Waals surface area contributed by atoms with Gasteiger partial charge in [0.15, 0.2) is 17.6 Å². The molecule has 1 rings (SSSR count). The normalized spacial score (nSPS) is 11.6. The molecule has 1 atom stereocenters. The number of rotatable bonds is 5. The fourth-order valence-corrected chi connectivity index (χ4v) is 1.87. The van der Waals surface area contributed by atoms with Crippen molar-refractivity contribution in [2.75, 3.05) is 14.2 Å². The molecule has 0 N–H and O–H groups in total. The van der Waals surface area contributed by atoms with Crippen LogP contribution in [0.2, 0.25) is 0 Å². The maximum atomic E-state index is 11.3. The first kappa shape index (κ1) is 14.5. The van der Waals surface area contributed by atoms with Crippen LogP contribution < -0.4 is 9.47 Å². The Bertz CT molecular complexity index is 458. The number of methoxy groups -OCH3 is 2. The summed E-state index contributed by atoms with van der Waals surface area (Å²) in [7, 11) is 2.73. The highest BCUT2D eigenvalue weighted by Crippen LogP contribution is 2.37. The first-order chi connectivity index (χ1) is 8.53. The summed E-state index contributed by atoms with van der Waals surface area (Å²) < 4.78 is 15.7. The van der Waals surface area contributed by atoms with Crippen LogP contribution in [0.3, 0.4) is 0 Å². The maximum absolute atomic E-state index is 11.3. The number of esters is 1. The summed E-state index contributed by atoms with van der Waals surface area (Å²) in [5, 5.41) is 0. The smallest absolute Gasteiger partial charge is 0.346 e. The average molecular weight is 317 g/mol. The van der Waals surface area contributed by atoms with E-state index in [0.717, 1.165) is 0 Å². The van der Waals surface area contributed by atoms with Crippen molar-refractivity contribution in [1.29, 1.82) is 0 Å². The van der Waals surface area contributed by atoms with Gasteiger partial charge in [0.25, 0.3) is 0 Å². The van der Waals surface area contributed by atoms with Crippen LogP contribution in [-0.2, 0) is 9.53 Å². The minimum absolute atomic E-state index is 0.348. The van der Waals surface area contributed by atoms with Crippen molar-refractivity contribution >= 4 is 28.2 Å². The van der Waals surface area contributed by atoms with Crippen LogP contribution >= 0.6 is 15.9 Å². The van der Waals surface area contributed by atoms with Gasteiger partial charge in [-0.05, 0) is 35.0 Å². The molecule has 98 valence electrons. The second kappa shape index (κ2) is 6.39. The van der Waals surface area contributed by atoms with Gasteiger partial charge in [0, 0.05) is 5.56 Å². The molecule has 1 aromatic rings. The largest absolute Gasteiger partial charge is 0.493 e. The Morgan fingerprint density at radius 3 is 2.56 bits per heavy atom. The van der Waals surface area contributed by atoms with Crippen molar-refractivity contribution in [3.05, 3.63) is 22.2 Å². The Hall–Kier alpha value is -1.56. The number of hydrogen-bond acceptors (Lipinski definition) is 5. The number of hydrogen-bond donors (Lipinski definition) is 0. The van der Waals surface area contributed by atoms with Gasteiger partial charge >= 0.3 is 5.97 Å². The Morgan fingerprint density at radius 1 is 1.39 bits per heavy atom. The molecular weight excluding hydrogens is 304 g/mol. The van der Waals surface area contributed by atoms with Crippen molar-refractivity contribution in [2.45, 2.75) is 13.0 Å². The van der Waals surface area contributed by atoms with Gasteiger partial charge in [-0.1, -0.05) is 0 Å². The van der Waals surface area contributed by atoms with E-state index in [1.165, 1.54) is 20.3 Å². The zero-order valence-corrected chi connectivity index (χ0v) is 11.8. The van der Waals surface area contributed by atoms with Gasteiger partial charge in [0.2, 0.25) is 0 Å². The molecule has 0 bridgehead atoms. The van der Waals surface area contributed by atoms with E-state index in [1.54, 1.807) is 13.0 Å². The predicted octanol–water partition coefficient (Wildman–Crippen LogP) is 2.21. The molecule has 0 aromatic heterocycles. The van der Waals surface area contributed by atoms with Gasteiger partial charge in [-0.3, -0.25) is 4.79 Å². The molecule has 0 amide bonds. The number of carbonyl (C=O) groups excluding carboxylic acids is 2. The number of aldehydes is 1. The molecule has 6 heteroatoms. The lowest BCUT2D eigenvalue weighted by molar-refractivity contribution is -0.147. The van der Waals surface area contributed by atoms with Crippen molar-refractivity contribution < 1.29 is 23.8 Å². The Balaban J connectivity index is 3.08. The number of benzene rings is 1. The number of ether oxygens (including phenoxy) is 3. The van der Waals surface area contributed by atoms with Crippen molar-refractivity contribution in [3.63, 3.8) is 0 Å². The molecule has 1 unspecified atom stereocenters. The van der Waals surface area contributed by atoms with Crippen LogP contribution in [-0.4, -0.2) is 32.6 Å². The predicted molar refractivity (Wildman–Crippen MR) is 68.2 cm³/mol. The summed E-state index contributed by atoms with van der Waals surface area (Å²) in [6.45, 7) is 1.56. The van der Waals surface area contributed by atoms with Gasteiger partial charge in [0.05, 0.1) is 18.7 Å². The van der Waals surface area contributed by atoms with E-state index in [4.69, 9.17) is 9.47 Å². The highest BCUT2D eigenvalue weighted by molar-refractivity contribution is 9.10. The average Bonchev–Trinajstić information content (AvgIpc) is 2.39. The monoisotopic (exact) mass is 316 g/mol. The molecule has 0 aliphatic heterocycles. The summed E-state index contributed by atoms with van der Waals surface area (Å²) in [5.41, 5.74) is 0.441. The first-order valence-electron chi connectivity index (χ1n) is 5.10. The summed E-state index contributed by atoms with van der Waals surface area (Å²) in [4.78, 5) is 22.0. The van der Waals surface area contributed by atoms with E-state index in [9.17, 15) is 9.59 Å². The number of carbonyl (C=O) groups is 2. The third-order valence-corrected chi connectivity index (χ3v) is 2.80. The van der Waals surface area contributed by atoms with Crippen molar-refractivity contribution in [3.8, 4) is 11.5 Å². The third-order valence-electron chi connectivity index (χ3n) is 2.22. The first-order valence-corrected chi connectivity index (χ1v) is 5.90. The SMILES string of the molecule is COC(=O)C(C)Oc1c(Br)cc(C=O)cc1OC. The lowest BCUT2D eigenvalue weighted by Gasteiger charge is -2.16. The lowest BCUT2D eigenvalue weighted by Crippen LogP contribution is -2.25. The molecule has 0 aliphatic rings. The molecule has 18 heavy (non-hydrogen) atoms. The van der Waals surface area contributed by atoms with E-state index in [0.29, 0.717) is 27.8 Å². The minimum atomic E-state index is -0.776. The summed E-state index contributed by atoms with van der Waals surface area (Å²) in [6, 6.07) is 3.10. The van der Waals surface area contributed by atoms with Crippen LogP contribution in [0.1, 0.15) is 17.3 Å². The van der Waals surface area contributed by atoms with Crippen LogP contribution in [0.25, 0.3) is 0 Å². The molecule has 0 saturated carbocycles. The van der Waals surface area contributed by atoms with Crippen molar-refractivity contribution in [2.24, 2.45) is 0 Å². The zero-order chi connectivity index (χ0) is 13.7. The van der Waals surface area contributed by atoms with E-state index in [1.807, 2.05) is 0 Å². The van der Waals surface area contributed by atoms with E-state index in [-0.39, 0.29) is 0 Å². The van der Waals surface area contributed by atoms with E-state index < -0.39 is 12.1 Å². The topological polar surface area (TPSA) is 61.8 Å². The molecule has 0 aliphatic carbocycles. The molecule has 5 nitrogen and oxygen atoms in total. The van der Waals surface area contributed by atoms with Gasteiger partial charge in [-0.15, -0.1) is 0 Å². The maximum Gasteiger partial charge on any atom is 0.346 e. The number of halogens is 1. The Kier molecular flexibility index (Phi) is 5.15. The molecule has 0 heterocycles. The summed E-state index contributed by atoms with van der Waals surface area (Å²) in [6.07, 6.45) is -0.0804. The minimum Gasteiger partial charge on any atom is -0.493 e. The second-order valence-electron chi connectivity index (χ2n) is 3.44. The van der Waals surface area contributed by atoms with Crippen LogP contribution in [0, 0.1) is 0 Å². The summed E-state index contributed by atoms with van der Waals surface area (Å²) in [5.74, 6) is 0.214. The standard InChI is InChI=1S/C12H13BrO5/c1-7(12(15)17-3)18-11-9(13)4-8(6-14)5-10(11)16-2/h4-7H,1-3H3. The van der Waals surface area contributed by atoms with Crippen molar-refractivity contribution in [1.82, 2.24) is 0 Å². The molecule has 0 radical (unpaired) electrons. The van der Waals surface area contributed by atoms with Crippen LogP contribution in [0.15, 0.2) is 16.6 Å². The molecule has 0 fully saturated rings. The van der Waals surface area contributed by atoms with Gasteiger partial charge in [-0.25, -0.2) is 4.79 Å². The Labute approximate surface area is 113 Å². The molecule has 0 spiro atoms. The fourth-order valence-electron chi connectivity index (χ4n) is 1.31. The zero-order valence-electron chi connectivity index (χ0n) is 10.2. The highest BCUT2D eigenvalue weighted by Gasteiger charge is 2.19. The quantitative estimate of drug-likeness (QED) is 0.615. The van der Waals surface area contributed by atoms with Crippen LogP contribution in [0.4, 0.5) is 0 Å². The van der Waals surface area contributed by atoms with Crippen LogP contribution in [0.5, 0.6) is 11.5 Å². The van der Waals surface area contributed by atoms with Gasteiger partial charge in [0.1, 0.15) is 6.29 Å². The highest BCUT2D eigenvalue weighted by atomic mass is 79.9. The lowest BCUT2D eigenvalue weighted by atomic mass is 10.2. The van der Waals surface area contributed by atoms with E-state index >= 15 is 0 Å². The fraction of sp³-hybridized carbons (Fsp3) is 0.333. The molecule has 0 saturated heterocycles. The summed E-state index contributed by atoms with van der Waals surface area (Å²) >= 11 is 3.26. The van der Waals surface area contributed by atoms with Gasteiger partial charge in [-0.2, -0.15) is 0 Å².